The molecule has 10 heteroatoms. The van der Waals surface area contributed by atoms with Crippen LogP contribution in [0.4, 0.5) is 0 Å². The van der Waals surface area contributed by atoms with Gasteiger partial charge in [0.2, 0.25) is 15.9 Å². The van der Waals surface area contributed by atoms with Crippen LogP contribution in [0.2, 0.25) is 0 Å². The van der Waals surface area contributed by atoms with E-state index in [2.05, 4.69) is 5.16 Å². The van der Waals surface area contributed by atoms with Gasteiger partial charge < -0.3 is 14.2 Å². The maximum absolute atomic E-state index is 13.5. The van der Waals surface area contributed by atoms with Crippen LogP contribution < -0.4 is 0 Å². The van der Waals surface area contributed by atoms with Gasteiger partial charge in [-0.1, -0.05) is 41.1 Å². The molecule has 0 saturated carbocycles. The zero-order valence-electron chi connectivity index (χ0n) is 21.7. The first kappa shape index (κ1) is 27.1. The standard InChI is InChI=1S/C27H35N3O6S/c1-4-35-27(32)23-11-15-29(16-12-23)26(31)22-13-17-30(18-14-22)37(33,34)25-20(3)28-36-24(25)10-9-21-7-5-19(2)6-8-21/h5-10,22-23H,4,11-18H2,1-3H3/b10-9+. The summed E-state index contributed by atoms with van der Waals surface area (Å²) >= 11 is 0. The van der Waals surface area contributed by atoms with Crippen LogP contribution >= 0.6 is 0 Å². The Morgan fingerprint density at radius 2 is 1.62 bits per heavy atom. The second-order valence-electron chi connectivity index (χ2n) is 9.74. The first-order valence-corrected chi connectivity index (χ1v) is 14.3. The fourth-order valence-corrected chi connectivity index (χ4v) is 6.69. The number of sulfonamides is 1. The summed E-state index contributed by atoms with van der Waals surface area (Å²) in [6, 6.07) is 7.86. The van der Waals surface area contributed by atoms with E-state index < -0.39 is 10.0 Å². The highest BCUT2D eigenvalue weighted by molar-refractivity contribution is 7.89. The molecule has 3 heterocycles. The third-order valence-corrected chi connectivity index (χ3v) is 9.22. The summed E-state index contributed by atoms with van der Waals surface area (Å²) < 4.78 is 39.0. The Hall–Kier alpha value is -2.98. The fraction of sp³-hybridized carbons (Fsp3) is 0.519. The van der Waals surface area contributed by atoms with Gasteiger partial charge in [0.15, 0.2) is 10.7 Å². The summed E-state index contributed by atoms with van der Waals surface area (Å²) in [5, 5.41) is 3.91. The van der Waals surface area contributed by atoms with Gasteiger partial charge in [-0.25, -0.2) is 8.42 Å². The van der Waals surface area contributed by atoms with Gasteiger partial charge >= 0.3 is 5.97 Å². The largest absolute Gasteiger partial charge is 0.466 e. The highest BCUT2D eigenvalue weighted by atomic mass is 32.2. The molecule has 0 spiro atoms. The molecule has 0 atom stereocenters. The molecule has 2 aromatic rings. The molecule has 9 nitrogen and oxygen atoms in total. The highest BCUT2D eigenvalue weighted by Crippen LogP contribution is 2.30. The van der Waals surface area contributed by atoms with Crippen LogP contribution in [0.25, 0.3) is 12.2 Å². The Labute approximate surface area is 218 Å². The van der Waals surface area contributed by atoms with Crippen LogP contribution in [0.5, 0.6) is 0 Å². The molecule has 2 fully saturated rings. The van der Waals surface area contributed by atoms with Crippen molar-refractivity contribution in [1.29, 1.82) is 0 Å². The Morgan fingerprint density at radius 3 is 2.24 bits per heavy atom. The summed E-state index contributed by atoms with van der Waals surface area (Å²) in [6.07, 6.45) is 5.54. The molecule has 2 aliphatic heterocycles. The Morgan fingerprint density at radius 1 is 1.00 bits per heavy atom. The van der Waals surface area contributed by atoms with Crippen molar-refractivity contribution in [2.24, 2.45) is 11.8 Å². The molecule has 1 aromatic carbocycles. The lowest BCUT2D eigenvalue weighted by Crippen LogP contribution is -2.47. The van der Waals surface area contributed by atoms with E-state index in [0.717, 1.165) is 11.1 Å². The summed E-state index contributed by atoms with van der Waals surface area (Å²) in [5.41, 5.74) is 2.37. The SMILES string of the molecule is CCOC(=O)C1CCN(C(=O)C2CCN(S(=O)(=O)c3c(C)noc3/C=C/c3ccc(C)cc3)CC2)CC1. The summed E-state index contributed by atoms with van der Waals surface area (Å²) in [5.74, 6) is -0.333. The number of aromatic nitrogens is 1. The van der Waals surface area contributed by atoms with E-state index in [9.17, 15) is 18.0 Å². The van der Waals surface area contributed by atoms with Crippen molar-refractivity contribution < 1.29 is 27.3 Å². The number of piperidine rings is 2. The van der Waals surface area contributed by atoms with Crippen LogP contribution in [0.1, 0.15) is 55.2 Å². The van der Waals surface area contributed by atoms with Crippen molar-refractivity contribution in [3.63, 3.8) is 0 Å². The quantitative estimate of drug-likeness (QED) is 0.504. The van der Waals surface area contributed by atoms with E-state index in [1.54, 1.807) is 26.0 Å². The monoisotopic (exact) mass is 529 g/mol. The number of likely N-dealkylation sites (tertiary alicyclic amines) is 1. The molecule has 0 bridgehead atoms. The number of carbonyl (C=O) groups is 2. The molecule has 2 aliphatic rings. The average Bonchev–Trinajstić information content (AvgIpc) is 3.29. The molecule has 0 aliphatic carbocycles. The van der Waals surface area contributed by atoms with Gasteiger partial charge in [-0.2, -0.15) is 4.31 Å². The van der Waals surface area contributed by atoms with E-state index in [-0.39, 0.29) is 47.5 Å². The lowest BCUT2D eigenvalue weighted by Gasteiger charge is -2.36. The number of ether oxygens (including phenoxy) is 1. The first-order valence-electron chi connectivity index (χ1n) is 12.9. The fourth-order valence-electron chi connectivity index (χ4n) is 4.97. The van der Waals surface area contributed by atoms with Crippen LogP contribution in [-0.4, -0.2) is 67.4 Å². The number of esters is 1. The van der Waals surface area contributed by atoms with E-state index in [1.165, 1.54) is 4.31 Å². The van der Waals surface area contributed by atoms with Crippen LogP contribution in [0.15, 0.2) is 33.7 Å². The van der Waals surface area contributed by atoms with Crippen molar-refractivity contribution in [3.8, 4) is 0 Å². The van der Waals surface area contributed by atoms with Gasteiger partial charge in [-0.05, 0) is 58.1 Å². The van der Waals surface area contributed by atoms with Gasteiger partial charge in [0, 0.05) is 32.1 Å². The van der Waals surface area contributed by atoms with Crippen molar-refractivity contribution >= 4 is 34.1 Å². The maximum Gasteiger partial charge on any atom is 0.309 e. The van der Waals surface area contributed by atoms with Gasteiger partial charge in [0.1, 0.15) is 5.69 Å². The third-order valence-electron chi connectivity index (χ3n) is 7.17. The molecule has 2 saturated heterocycles. The minimum Gasteiger partial charge on any atom is -0.466 e. The number of nitrogens with zero attached hydrogens (tertiary/aromatic N) is 3. The number of hydrogen-bond acceptors (Lipinski definition) is 7. The predicted molar refractivity (Wildman–Crippen MR) is 139 cm³/mol. The molecule has 1 amide bonds. The van der Waals surface area contributed by atoms with Crippen molar-refractivity contribution in [2.75, 3.05) is 32.8 Å². The molecule has 4 rings (SSSR count). The smallest absolute Gasteiger partial charge is 0.309 e. The number of carbonyl (C=O) groups excluding carboxylic acids is 2. The van der Waals surface area contributed by atoms with Crippen LogP contribution in [-0.2, 0) is 24.3 Å². The number of amides is 1. The number of hydrogen-bond donors (Lipinski definition) is 0. The molecule has 0 unspecified atom stereocenters. The van der Waals surface area contributed by atoms with Crippen LogP contribution in [0.3, 0.4) is 0 Å². The minimum absolute atomic E-state index is 0.0437. The van der Waals surface area contributed by atoms with E-state index >= 15 is 0 Å². The number of benzene rings is 1. The van der Waals surface area contributed by atoms with Crippen molar-refractivity contribution in [3.05, 3.63) is 46.8 Å². The Kier molecular flexibility index (Phi) is 8.49. The third kappa shape index (κ3) is 6.13. The second kappa shape index (κ2) is 11.6. The zero-order valence-corrected chi connectivity index (χ0v) is 22.5. The Bertz CT molecular complexity index is 1240. The molecule has 200 valence electrons. The zero-order chi connectivity index (χ0) is 26.6. The van der Waals surface area contributed by atoms with Gasteiger partial charge in [-0.15, -0.1) is 0 Å². The normalized spacial score (nSPS) is 18.4. The lowest BCUT2D eigenvalue weighted by atomic mass is 9.92. The molecule has 0 N–H and O–H groups in total. The molecular weight excluding hydrogens is 494 g/mol. The number of aryl methyl sites for hydroxylation is 2. The lowest BCUT2D eigenvalue weighted by molar-refractivity contribution is -0.152. The van der Waals surface area contributed by atoms with E-state index in [0.29, 0.717) is 51.1 Å². The molecule has 1 aromatic heterocycles. The maximum atomic E-state index is 13.5. The Balaban J connectivity index is 1.37. The highest BCUT2D eigenvalue weighted by Gasteiger charge is 2.38. The van der Waals surface area contributed by atoms with E-state index in [1.807, 2.05) is 36.1 Å². The molecule has 37 heavy (non-hydrogen) atoms. The topological polar surface area (TPSA) is 110 Å². The summed E-state index contributed by atoms with van der Waals surface area (Å²) in [4.78, 5) is 27.0. The van der Waals surface area contributed by atoms with Gasteiger partial charge in [-0.3, -0.25) is 9.59 Å². The summed E-state index contributed by atoms with van der Waals surface area (Å²) in [6.45, 7) is 7.33. The van der Waals surface area contributed by atoms with Gasteiger partial charge in [0.25, 0.3) is 0 Å². The van der Waals surface area contributed by atoms with E-state index in [4.69, 9.17) is 9.26 Å². The van der Waals surface area contributed by atoms with Crippen LogP contribution in [0, 0.1) is 25.7 Å². The van der Waals surface area contributed by atoms with Crippen molar-refractivity contribution in [1.82, 2.24) is 14.4 Å². The first-order chi connectivity index (χ1) is 17.7. The van der Waals surface area contributed by atoms with Crippen molar-refractivity contribution in [2.45, 2.75) is 51.3 Å². The minimum atomic E-state index is -3.84. The molecular formula is C27H35N3O6S. The summed E-state index contributed by atoms with van der Waals surface area (Å²) in [7, 11) is -3.84. The van der Waals surface area contributed by atoms with Gasteiger partial charge in [0.05, 0.1) is 12.5 Å². The molecule has 0 radical (unpaired) electrons. The predicted octanol–water partition coefficient (Wildman–Crippen LogP) is 3.66. The number of rotatable bonds is 7. The second-order valence-corrected chi connectivity index (χ2v) is 11.6. The average molecular weight is 530 g/mol.